The summed E-state index contributed by atoms with van der Waals surface area (Å²) in [6.07, 6.45) is 13.4. The molecule has 2 aromatic rings. The van der Waals surface area contributed by atoms with E-state index in [0.29, 0.717) is 17.5 Å². The zero-order valence-electron chi connectivity index (χ0n) is 38.6. The van der Waals surface area contributed by atoms with Gasteiger partial charge < -0.3 is 14.7 Å². The summed E-state index contributed by atoms with van der Waals surface area (Å²) in [7, 11) is 0. The Morgan fingerprint density at radius 1 is 0.698 bits per heavy atom. The van der Waals surface area contributed by atoms with Crippen LogP contribution in [0.3, 0.4) is 0 Å². The Labute approximate surface area is 332 Å². The Morgan fingerprint density at radius 3 is 1.43 bits per heavy atom. The Kier molecular flexibility index (Phi) is 54.6. The van der Waals surface area contributed by atoms with Crippen molar-refractivity contribution in [2.24, 2.45) is 11.8 Å². The summed E-state index contributed by atoms with van der Waals surface area (Å²) in [6, 6.07) is 16.1. The first kappa shape index (κ1) is 61.8. The number of aryl methyl sites for hydroxylation is 2. The summed E-state index contributed by atoms with van der Waals surface area (Å²) in [5, 5.41) is 9.40. The number of ketones is 2. The first-order valence-electron chi connectivity index (χ1n) is 20.6. The number of benzene rings is 2. The van der Waals surface area contributed by atoms with Crippen molar-refractivity contribution in [1.29, 1.82) is 0 Å². The van der Waals surface area contributed by atoms with Crippen molar-refractivity contribution < 1.29 is 14.7 Å². The van der Waals surface area contributed by atoms with Gasteiger partial charge in [0.2, 0.25) is 0 Å². The van der Waals surface area contributed by atoms with Crippen LogP contribution in [-0.4, -0.2) is 16.7 Å². The van der Waals surface area contributed by atoms with Crippen molar-refractivity contribution in [1.82, 2.24) is 0 Å². The summed E-state index contributed by atoms with van der Waals surface area (Å²) in [4.78, 5) is 20.1. The van der Waals surface area contributed by atoms with Crippen LogP contribution >= 0.6 is 0 Å². The van der Waals surface area contributed by atoms with Gasteiger partial charge in [-0.05, 0) is 108 Å². The number of hydrogen-bond acceptors (Lipinski definition) is 3. The summed E-state index contributed by atoms with van der Waals surface area (Å²) in [5.41, 5.74) is 6.90. The van der Waals surface area contributed by atoms with E-state index in [2.05, 4.69) is 108 Å². The monoisotopic (exact) mass is 739 g/mol. The highest BCUT2D eigenvalue weighted by Gasteiger charge is 2.03. The lowest BCUT2D eigenvalue weighted by Gasteiger charge is -2.09. The van der Waals surface area contributed by atoms with Crippen LogP contribution in [-0.2, 0) is 16.0 Å². The molecule has 0 bridgehead atoms. The number of unbranched alkanes of at least 4 members (excludes halogenated alkanes) is 2. The van der Waals surface area contributed by atoms with Gasteiger partial charge in [0.1, 0.15) is 17.3 Å². The minimum Gasteiger partial charge on any atom is -0.507 e. The van der Waals surface area contributed by atoms with Crippen molar-refractivity contribution in [2.75, 3.05) is 0 Å². The predicted octanol–water partition coefficient (Wildman–Crippen LogP) is 16.6. The molecule has 0 aliphatic rings. The molecule has 0 aliphatic carbocycles. The molecule has 2 aromatic carbocycles. The van der Waals surface area contributed by atoms with Crippen LogP contribution < -0.4 is 0 Å². The molecule has 2 rings (SSSR count). The summed E-state index contributed by atoms with van der Waals surface area (Å²) < 4.78 is 0. The molecule has 0 amide bonds. The number of aromatic hydroxyl groups is 1. The van der Waals surface area contributed by atoms with Crippen LogP contribution in [0.1, 0.15) is 192 Å². The fraction of sp³-hybridized carbons (Fsp3) is 0.600. The van der Waals surface area contributed by atoms with E-state index < -0.39 is 0 Å². The Hall–Kier alpha value is -3.20. The SMILES string of the molecule is C=C(/C=C(/C)CC)c1ccccc1.C=C(C)CCC(C)CCC(C)=O.CC.CC(C)=O.CC(C)C.CCCC.CCCC.CCc1cccc(C)c1O. The number of Topliss-reactive ketones (excluding diaryl/α,β-unsaturated/α-hetero) is 2. The quantitative estimate of drug-likeness (QED) is 0.174. The maximum atomic E-state index is 10.7. The lowest BCUT2D eigenvalue weighted by atomic mass is 9.97. The smallest absolute Gasteiger partial charge is 0.129 e. The zero-order valence-corrected chi connectivity index (χ0v) is 38.6. The predicted molar refractivity (Wildman–Crippen MR) is 244 cm³/mol. The van der Waals surface area contributed by atoms with Crippen molar-refractivity contribution in [3.05, 3.63) is 95.6 Å². The molecule has 0 saturated carbocycles. The van der Waals surface area contributed by atoms with E-state index in [0.717, 1.165) is 54.7 Å². The lowest BCUT2D eigenvalue weighted by molar-refractivity contribution is -0.117. The number of para-hydroxylation sites is 1. The highest BCUT2D eigenvalue weighted by Crippen LogP contribution is 2.21. The number of carbonyl (C=O) groups excluding carboxylic acids is 2. The topological polar surface area (TPSA) is 54.4 Å². The van der Waals surface area contributed by atoms with Crippen LogP contribution in [0, 0.1) is 18.8 Å². The third-order valence-corrected chi connectivity index (χ3v) is 6.88. The molecule has 0 aliphatic heterocycles. The number of hydrogen-bond donors (Lipinski definition) is 1. The molecule has 53 heavy (non-hydrogen) atoms. The average molecular weight is 739 g/mol. The molecular formula is C50H90O3. The first-order valence-corrected chi connectivity index (χ1v) is 20.6. The van der Waals surface area contributed by atoms with Crippen LogP contribution in [0.15, 0.2) is 78.9 Å². The number of allylic oxidation sites excluding steroid dienone is 4. The van der Waals surface area contributed by atoms with Gasteiger partial charge in [0.15, 0.2) is 0 Å². The standard InChI is InChI=1S/C13H16.C11H20O.C9H12O.3C4H10.C3H6O.C2H6/c1-4-11(2)10-12(3)13-8-6-5-7-9-13;1-9(2)5-6-10(3)7-8-11(4)12;1-3-8-6-4-5-7(2)9(8)10;1-4(2)3;2*1-3-4-2;1-3(2)4;1-2/h5-10H,3-4H2,1-2H3;10H,1,5-8H2,2-4H3;4-6,10H,3H2,1-2H3;4H,1-3H3;2*3-4H2,1-2H3;1-2H3;1-2H3/b11-10-;;;;;;;. The van der Waals surface area contributed by atoms with E-state index in [4.69, 9.17) is 0 Å². The van der Waals surface area contributed by atoms with E-state index in [1.165, 1.54) is 62.7 Å². The summed E-state index contributed by atoms with van der Waals surface area (Å²) >= 11 is 0. The average Bonchev–Trinajstić information content (AvgIpc) is 3.12. The van der Waals surface area contributed by atoms with Gasteiger partial charge in [-0.2, -0.15) is 0 Å². The van der Waals surface area contributed by atoms with E-state index in [9.17, 15) is 14.7 Å². The summed E-state index contributed by atoms with van der Waals surface area (Å²) in [5.74, 6) is 2.41. The summed E-state index contributed by atoms with van der Waals surface area (Å²) in [6.45, 7) is 44.3. The lowest BCUT2D eigenvalue weighted by Crippen LogP contribution is -1.99. The highest BCUT2D eigenvalue weighted by atomic mass is 16.3. The maximum Gasteiger partial charge on any atom is 0.129 e. The second-order valence-electron chi connectivity index (χ2n) is 14.2. The molecule has 3 heteroatoms. The molecule has 0 radical (unpaired) electrons. The fourth-order valence-corrected chi connectivity index (χ4v) is 3.23. The van der Waals surface area contributed by atoms with Crippen molar-refractivity contribution in [3.8, 4) is 5.75 Å². The van der Waals surface area contributed by atoms with E-state index >= 15 is 0 Å². The van der Waals surface area contributed by atoms with E-state index in [1.807, 2.05) is 64.1 Å². The normalized spacial score (nSPS) is 9.91. The van der Waals surface area contributed by atoms with Gasteiger partial charge in [-0.15, -0.1) is 6.58 Å². The largest absolute Gasteiger partial charge is 0.507 e. The Morgan fingerprint density at radius 2 is 1.11 bits per heavy atom. The molecule has 1 unspecified atom stereocenters. The van der Waals surface area contributed by atoms with Crippen molar-refractivity contribution in [2.45, 2.75) is 189 Å². The highest BCUT2D eigenvalue weighted by molar-refractivity contribution is 5.75. The third kappa shape index (κ3) is 58.3. The number of phenols is 1. The second-order valence-corrected chi connectivity index (χ2v) is 14.2. The molecule has 0 saturated heterocycles. The number of carbonyl (C=O) groups is 2. The molecule has 0 aromatic heterocycles. The molecule has 308 valence electrons. The second kappa shape index (κ2) is 46.8. The molecule has 0 spiro atoms. The van der Waals surface area contributed by atoms with Crippen molar-refractivity contribution >= 4 is 17.1 Å². The maximum absolute atomic E-state index is 10.7. The van der Waals surface area contributed by atoms with Crippen LogP contribution in [0.5, 0.6) is 5.75 Å². The van der Waals surface area contributed by atoms with Gasteiger partial charge in [-0.25, -0.2) is 0 Å². The van der Waals surface area contributed by atoms with Gasteiger partial charge in [0.05, 0.1) is 0 Å². The first-order chi connectivity index (χ1) is 24.8. The molecular weight excluding hydrogens is 649 g/mol. The molecule has 3 nitrogen and oxygen atoms in total. The Bertz CT molecular complexity index is 1110. The number of phenolic OH excluding ortho intramolecular Hbond substituents is 1. The van der Waals surface area contributed by atoms with E-state index in [-0.39, 0.29) is 5.78 Å². The molecule has 1 atom stereocenters. The third-order valence-electron chi connectivity index (χ3n) is 6.88. The molecule has 0 fully saturated rings. The van der Waals surface area contributed by atoms with Gasteiger partial charge in [-0.1, -0.05) is 181 Å². The van der Waals surface area contributed by atoms with Crippen LogP contribution in [0.2, 0.25) is 0 Å². The van der Waals surface area contributed by atoms with Crippen molar-refractivity contribution in [3.63, 3.8) is 0 Å². The van der Waals surface area contributed by atoms with Gasteiger partial charge in [-0.3, -0.25) is 0 Å². The van der Waals surface area contributed by atoms with Gasteiger partial charge in [0, 0.05) is 6.42 Å². The van der Waals surface area contributed by atoms with Gasteiger partial charge in [0.25, 0.3) is 0 Å². The minimum atomic E-state index is 0.167. The van der Waals surface area contributed by atoms with E-state index in [1.54, 1.807) is 6.92 Å². The van der Waals surface area contributed by atoms with Crippen LogP contribution in [0.4, 0.5) is 0 Å². The zero-order chi connectivity index (χ0) is 42.8. The Balaban J connectivity index is -0.000000128. The number of rotatable bonds is 12. The minimum absolute atomic E-state index is 0.167. The van der Waals surface area contributed by atoms with Crippen LogP contribution in [0.25, 0.3) is 5.57 Å². The molecule has 0 heterocycles. The van der Waals surface area contributed by atoms with Gasteiger partial charge >= 0.3 is 0 Å². The molecule has 1 N–H and O–H groups in total. The fourth-order valence-electron chi connectivity index (χ4n) is 3.23.